The van der Waals surface area contributed by atoms with Gasteiger partial charge >= 0.3 is 5.97 Å². The third-order valence-corrected chi connectivity index (χ3v) is 1.93. The van der Waals surface area contributed by atoms with Gasteiger partial charge in [-0.25, -0.2) is 9.67 Å². The van der Waals surface area contributed by atoms with Gasteiger partial charge in [0.1, 0.15) is 18.2 Å². The van der Waals surface area contributed by atoms with Crippen LogP contribution >= 0.6 is 0 Å². The van der Waals surface area contributed by atoms with Gasteiger partial charge in [-0.05, 0) is 13.8 Å². The first kappa shape index (κ1) is 10.6. The number of carboxylic acids is 1. The van der Waals surface area contributed by atoms with Crippen LogP contribution in [0.15, 0.2) is 6.33 Å². The summed E-state index contributed by atoms with van der Waals surface area (Å²) in [5.41, 5.74) is 0. The van der Waals surface area contributed by atoms with Crippen molar-refractivity contribution in [2.24, 2.45) is 0 Å². The molecular formula is C8H14N4O2. The molecule has 6 heteroatoms. The molecule has 1 rings (SSSR count). The lowest BCUT2D eigenvalue weighted by molar-refractivity contribution is -0.139. The van der Waals surface area contributed by atoms with E-state index in [0.29, 0.717) is 6.54 Å². The highest BCUT2D eigenvalue weighted by Crippen LogP contribution is 1.94. The first-order valence-corrected chi connectivity index (χ1v) is 4.48. The molecule has 6 nitrogen and oxygen atoms in total. The molecular weight excluding hydrogens is 184 g/mol. The molecule has 14 heavy (non-hydrogen) atoms. The van der Waals surface area contributed by atoms with E-state index in [1.807, 2.05) is 6.92 Å². The van der Waals surface area contributed by atoms with Crippen molar-refractivity contribution in [3.8, 4) is 0 Å². The standard InChI is InChI=1S/C8H14N4O2/c1-3-12-7(10-5-11-12)4-9-6(2)8(13)14/h5-6,9H,3-4H2,1-2H3,(H,13,14)/t6-/m1/s1. The summed E-state index contributed by atoms with van der Waals surface area (Å²) in [4.78, 5) is 14.5. The number of carboxylic acid groups (broad SMARTS) is 1. The highest BCUT2D eigenvalue weighted by molar-refractivity contribution is 5.72. The molecule has 0 amide bonds. The van der Waals surface area contributed by atoms with E-state index in [1.54, 1.807) is 11.6 Å². The van der Waals surface area contributed by atoms with Gasteiger partial charge in [-0.15, -0.1) is 0 Å². The van der Waals surface area contributed by atoms with Gasteiger partial charge < -0.3 is 5.11 Å². The summed E-state index contributed by atoms with van der Waals surface area (Å²) in [7, 11) is 0. The van der Waals surface area contributed by atoms with Crippen LogP contribution in [0, 0.1) is 0 Å². The van der Waals surface area contributed by atoms with E-state index in [0.717, 1.165) is 12.4 Å². The number of hydrogen-bond donors (Lipinski definition) is 2. The van der Waals surface area contributed by atoms with Gasteiger partial charge in [0.05, 0.1) is 6.54 Å². The smallest absolute Gasteiger partial charge is 0.320 e. The minimum Gasteiger partial charge on any atom is -0.480 e. The van der Waals surface area contributed by atoms with Crippen molar-refractivity contribution in [1.29, 1.82) is 0 Å². The van der Waals surface area contributed by atoms with E-state index in [4.69, 9.17) is 5.11 Å². The van der Waals surface area contributed by atoms with Crippen LogP contribution in [0.2, 0.25) is 0 Å². The molecule has 0 aliphatic heterocycles. The quantitative estimate of drug-likeness (QED) is 0.688. The molecule has 0 saturated carbocycles. The molecule has 0 unspecified atom stereocenters. The van der Waals surface area contributed by atoms with E-state index in [-0.39, 0.29) is 0 Å². The van der Waals surface area contributed by atoms with Crippen LogP contribution in [0.1, 0.15) is 19.7 Å². The molecule has 0 fully saturated rings. The van der Waals surface area contributed by atoms with Gasteiger partial charge in [-0.2, -0.15) is 5.10 Å². The van der Waals surface area contributed by atoms with Crippen molar-refractivity contribution < 1.29 is 9.90 Å². The second-order valence-electron chi connectivity index (χ2n) is 2.93. The van der Waals surface area contributed by atoms with Crippen LogP contribution in [0.4, 0.5) is 0 Å². The predicted molar refractivity (Wildman–Crippen MR) is 49.6 cm³/mol. The van der Waals surface area contributed by atoms with Gasteiger partial charge in [0.15, 0.2) is 0 Å². The molecule has 0 saturated heterocycles. The molecule has 1 atom stereocenters. The van der Waals surface area contributed by atoms with Crippen molar-refractivity contribution in [2.75, 3.05) is 0 Å². The number of hydrogen-bond acceptors (Lipinski definition) is 4. The first-order chi connectivity index (χ1) is 6.65. The van der Waals surface area contributed by atoms with Crippen LogP contribution in [0.3, 0.4) is 0 Å². The molecule has 0 aromatic carbocycles. The minimum absolute atomic E-state index is 0.418. The highest BCUT2D eigenvalue weighted by atomic mass is 16.4. The van der Waals surface area contributed by atoms with Crippen LogP contribution in [-0.2, 0) is 17.9 Å². The molecule has 78 valence electrons. The second-order valence-corrected chi connectivity index (χ2v) is 2.93. The lowest BCUT2D eigenvalue weighted by atomic mass is 10.3. The monoisotopic (exact) mass is 198 g/mol. The van der Waals surface area contributed by atoms with Crippen molar-refractivity contribution in [2.45, 2.75) is 33.0 Å². The largest absolute Gasteiger partial charge is 0.480 e. The van der Waals surface area contributed by atoms with Crippen LogP contribution in [0.25, 0.3) is 0 Å². The molecule has 1 aromatic rings. The Hall–Kier alpha value is -1.43. The van der Waals surface area contributed by atoms with E-state index >= 15 is 0 Å². The Morgan fingerprint density at radius 1 is 1.79 bits per heavy atom. The van der Waals surface area contributed by atoms with E-state index < -0.39 is 12.0 Å². The molecule has 0 aliphatic carbocycles. The fourth-order valence-electron chi connectivity index (χ4n) is 1.02. The fourth-order valence-corrected chi connectivity index (χ4v) is 1.02. The second kappa shape index (κ2) is 4.71. The van der Waals surface area contributed by atoms with Gasteiger partial charge in [0.25, 0.3) is 0 Å². The zero-order chi connectivity index (χ0) is 10.6. The third kappa shape index (κ3) is 2.53. The lowest BCUT2D eigenvalue weighted by Crippen LogP contribution is -2.34. The number of aliphatic carboxylic acids is 1. The molecule has 0 spiro atoms. The first-order valence-electron chi connectivity index (χ1n) is 4.48. The number of nitrogens with one attached hydrogen (secondary N) is 1. The molecule has 0 bridgehead atoms. The SMILES string of the molecule is CCn1ncnc1CN[C@H](C)C(=O)O. The predicted octanol–water partition coefficient (Wildman–Crippen LogP) is -0.139. The van der Waals surface area contributed by atoms with Crippen molar-refractivity contribution in [3.63, 3.8) is 0 Å². The Labute approximate surface area is 82.0 Å². The molecule has 0 radical (unpaired) electrons. The summed E-state index contributed by atoms with van der Waals surface area (Å²) >= 11 is 0. The fraction of sp³-hybridized carbons (Fsp3) is 0.625. The van der Waals surface area contributed by atoms with Crippen molar-refractivity contribution >= 4 is 5.97 Å². The number of aromatic nitrogens is 3. The van der Waals surface area contributed by atoms with Gasteiger partial charge in [0, 0.05) is 6.54 Å². The van der Waals surface area contributed by atoms with Gasteiger partial charge in [-0.1, -0.05) is 0 Å². The molecule has 2 N–H and O–H groups in total. The summed E-state index contributed by atoms with van der Waals surface area (Å²) in [6.07, 6.45) is 1.46. The Morgan fingerprint density at radius 2 is 2.50 bits per heavy atom. The maximum absolute atomic E-state index is 10.5. The number of aryl methyl sites for hydroxylation is 1. The van der Waals surface area contributed by atoms with Crippen molar-refractivity contribution in [1.82, 2.24) is 20.1 Å². The average Bonchev–Trinajstić information content (AvgIpc) is 2.60. The third-order valence-electron chi connectivity index (χ3n) is 1.93. The molecule has 1 aromatic heterocycles. The topological polar surface area (TPSA) is 80.0 Å². The number of carbonyl (C=O) groups is 1. The maximum Gasteiger partial charge on any atom is 0.320 e. The lowest BCUT2D eigenvalue weighted by Gasteiger charge is -2.08. The zero-order valence-electron chi connectivity index (χ0n) is 8.27. The van der Waals surface area contributed by atoms with E-state index in [9.17, 15) is 4.79 Å². The molecule has 0 aliphatic rings. The Morgan fingerprint density at radius 3 is 3.07 bits per heavy atom. The molecule has 1 heterocycles. The Kier molecular flexibility index (Phi) is 3.58. The van der Waals surface area contributed by atoms with Crippen LogP contribution in [-0.4, -0.2) is 31.9 Å². The van der Waals surface area contributed by atoms with Crippen molar-refractivity contribution in [3.05, 3.63) is 12.2 Å². The average molecular weight is 198 g/mol. The van der Waals surface area contributed by atoms with Crippen LogP contribution in [0.5, 0.6) is 0 Å². The summed E-state index contributed by atoms with van der Waals surface area (Å²) in [6.45, 7) is 4.70. The van der Waals surface area contributed by atoms with Gasteiger partial charge in [-0.3, -0.25) is 10.1 Å². The Balaban J connectivity index is 2.49. The number of nitrogens with zero attached hydrogens (tertiary/aromatic N) is 3. The zero-order valence-corrected chi connectivity index (χ0v) is 8.27. The highest BCUT2D eigenvalue weighted by Gasteiger charge is 2.11. The normalized spacial score (nSPS) is 12.7. The van der Waals surface area contributed by atoms with E-state index in [1.165, 1.54) is 6.33 Å². The number of rotatable bonds is 5. The van der Waals surface area contributed by atoms with Crippen LogP contribution < -0.4 is 5.32 Å². The summed E-state index contributed by atoms with van der Waals surface area (Å²) in [5, 5.41) is 15.4. The maximum atomic E-state index is 10.5. The Bertz CT molecular complexity index is 310. The summed E-state index contributed by atoms with van der Waals surface area (Å²) in [6, 6.07) is -0.572. The van der Waals surface area contributed by atoms with Gasteiger partial charge in [0.2, 0.25) is 0 Å². The summed E-state index contributed by atoms with van der Waals surface area (Å²) in [5.74, 6) is -0.117. The summed E-state index contributed by atoms with van der Waals surface area (Å²) < 4.78 is 1.72. The van der Waals surface area contributed by atoms with E-state index in [2.05, 4.69) is 15.4 Å². The minimum atomic E-state index is -0.868.